The van der Waals surface area contributed by atoms with Crippen LogP contribution in [0.2, 0.25) is 0 Å². The van der Waals surface area contributed by atoms with E-state index < -0.39 is 0 Å². The van der Waals surface area contributed by atoms with Gasteiger partial charge in [-0.15, -0.1) is 0 Å². The van der Waals surface area contributed by atoms with Gasteiger partial charge in [-0.3, -0.25) is 4.79 Å². The van der Waals surface area contributed by atoms with E-state index >= 15 is 0 Å². The maximum atomic E-state index is 12.1. The number of anilines is 1. The largest absolute Gasteiger partial charge is 0.508 e. The molecule has 3 heteroatoms. The number of hydrogen-bond acceptors (Lipinski definition) is 2. The zero-order chi connectivity index (χ0) is 13.1. The van der Waals surface area contributed by atoms with Gasteiger partial charge in [0.15, 0.2) is 0 Å². The lowest BCUT2D eigenvalue weighted by Gasteiger charge is -2.25. The van der Waals surface area contributed by atoms with Gasteiger partial charge in [0, 0.05) is 17.2 Å². The van der Waals surface area contributed by atoms with Crippen molar-refractivity contribution in [3.8, 4) is 5.75 Å². The number of nitrogens with one attached hydrogen (secondary N) is 1. The fourth-order valence-electron chi connectivity index (χ4n) is 2.52. The zero-order valence-corrected chi connectivity index (χ0v) is 11.1. The molecule has 0 bridgehead atoms. The highest BCUT2D eigenvalue weighted by Gasteiger charge is 2.24. The Bertz CT molecular complexity index is 434. The molecule has 1 saturated carbocycles. The molecule has 2 rings (SSSR count). The van der Waals surface area contributed by atoms with Gasteiger partial charge in [0.1, 0.15) is 5.75 Å². The molecule has 0 heterocycles. The molecule has 1 fully saturated rings. The third-order valence-electron chi connectivity index (χ3n) is 3.95. The first-order chi connectivity index (χ1) is 8.58. The van der Waals surface area contributed by atoms with E-state index in [0.29, 0.717) is 0 Å². The summed E-state index contributed by atoms with van der Waals surface area (Å²) in [7, 11) is 0. The summed E-state index contributed by atoms with van der Waals surface area (Å²) in [5.74, 6) is 1.19. The van der Waals surface area contributed by atoms with Crippen LogP contribution in [0.3, 0.4) is 0 Å². The van der Waals surface area contributed by atoms with Crippen LogP contribution in [0.25, 0.3) is 0 Å². The Balaban J connectivity index is 2.01. The number of hydrogen-bond donors (Lipinski definition) is 2. The van der Waals surface area contributed by atoms with Gasteiger partial charge in [-0.2, -0.15) is 0 Å². The molecule has 0 atom stereocenters. The Labute approximate surface area is 108 Å². The lowest BCUT2D eigenvalue weighted by Crippen LogP contribution is -2.26. The maximum absolute atomic E-state index is 12.1. The lowest BCUT2D eigenvalue weighted by molar-refractivity contribution is -0.121. The second kappa shape index (κ2) is 5.42. The van der Waals surface area contributed by atoms with E-state index in [9.17, 15) is 9.90 Å². The van der Waals surface area contributed by atoms with Crippen LogP contribution >= 0.6 is 0 Å². The summed E-state index contributed by atoms with van der Waals surface area (Å²) in [5.41, 5.74) is 1.45. The number of phenols is 1. The number of carbonyl (C=O) groups is 1. The summed E-state index contributed by atoms with van der Waals surface area (Å²) >= 11 is 0. The molecule has 0 aromatic heterocycles. The third kappa shape index (κ3) is 2.84. The summed E-state index contributed by atoms with van der Waals surface area (Å²) in [6.45, 7) is 4.06. The molecule has 0 aliphatic heterocycles. The van der Waals surface area contributed by atoms with Gasteiger partial charge >= 0.3 is 0 Å². The molecule has 0 unspecified atom stereocenters. The molecule has 3 nitrogen and oxygen atoms in total. The van der Waals surface area contributed by atoms with Crippen molar-refractivity contribution < 1.29 is 9.90 Å². The number of carbonyl (C=O) groups excluding carboxylic acids is 1. The fourth-order valence-corrected chi connectivity index (χ4v) is 2.52. The van der Waals surface area contributed by atoms with Gasteiger partial charge in [-0.1, -0.05) is 13.0 Å². The molecule has 18 heavy (non-hydrogen) atoms. The van der Waals surface area contributed by atoms with Crippen molar-refractivity contribution >= 4 is 11.6 Å². The quantitative estimate of drug-likeness (QED) is 0.840. The highest BCUT2D eigenvalue weighted by atomic mass is 16.3. The van der Waals surface area contributed by atoms with Gasteiger partial charge in [0.05, 0.1) is 0 Å². The minimum absolute atomic E-state index is 0.0931. The Morgan fingerprint density at radius 2 is 1.94 bits per heavy atom. The van der Waals surface area contributed by atoms with Gasteiger partial charge in [-0.05, 0) is 50.7 Å². The Kier molecular flexibility index (Phi) is 3.90. The smallest absolute Gasteiger partial charge is 0.227 e. The lowest BCUT2D eigenvalue weighted by atomic mass is 9.82. The van der Waals surface area contributed by atoms with Gasteiger partial charge in [0.2, 0.25) is 5.91 Å². The average molecular weight is 247 g/mol. The normalized spacial score (nSPS) is 23.7. The molecule has 1 aliphatic rings. The average Bonchev–Trinajstić information content (AvgIpc) is 2.36. The molecule has 1 amide bonds. The number of phenolic OH excluding ortho intramolecular Hbond substituents is 1. The van der Waals surface area contributed by atoms with Crippen LogP contribution in [-0.4, -0.2) is 11.0 Å². The molecule has 0 saturated heterocycles. The molecule has 98 valence electrons. The van der Waals surface area contributed by atoms with Crippen LogP contribution in [0.1, 0.15) is 38.2 Å². The molecule has 0 radical (unpaired) electrons. The van der Waals surface area contributed by atoms with E-state index in [-0.39, 0.29) is 17.6 Å². The Hall–Kier alpha value is -1.51. The molecule has 2 N–H and O–H groups in total. The first-order valence-corrected chi connectivity index (χ1v) is 6.67. The van der Waals surface area contributed by atoms with E-state index in [4.69, 9.17) is 0 Å². The third-order valence-corrected chi connectivity index (χ3v) is 3.95. The van der Waals surface area contributed by atoms with Crippen molar-refractivity contribution in [2.75, 3.05) is 5.32 Å². The van der Waals surface area contributed by atoms with Crippen LogP contribution in [0.5, 0.6) is 5.75 Å². The summed E-state index contributed by atoms with van der Waals surface area (Å²) in [6.07, 6.45) is 4.23. The second-order valence-corrected chi connectivity index (χ2v) is 5.40. The maximum Gasteiger partial charge on any atom is 0.227 e. The summed E-state index contributed by atoms with van der Waals surface area (Å²) < 4.78 is 0. The molecule has 0 spiro atoms. The van der Waals surface area contributed by atoms with E-state index in [2.05, 4.69) is 12.2 Å². The number of amides is 1. The van der Waals surface area contributed by atoms with Crippen LogP contribution in [-0.2, 0) is 4.79 Å². The van der Waals surface area contributed by atoms with Crippen molar-refractivity contribution in [3.05, 3.63) is 23.8 Å². The molecule has 1 aliphatic carbocycles. The van der Waals surface area contributed by atoms with E-state index in [0.717, 1.165) is 42.9 Å². The van der Waals surface area contributed by atoms with Crippen LogP contribution in [0, 0.1) is 18.8 Å². The van der Waals surface area contributed by atoms with Crippen LogP contribution in [0.4, 0.5) is 5.69 Å². The highest BCUT2D eigenvalue weighted by molar-refractivity contribution is 5.93. The van der Waals surface area contributed by atoms with Crippen molar-refractivity contribution in [1.29, 1.82) is 0 Å². The van der Waals surface area contributed by atoms with Crippen molar-refractivity contribution in [2.24, 2.45) is 11.8 Å². The second-order valence-electron chi connectivity index (χ2n) is 5.40. The molecule has 1 aromatic rings. The van der Waals surface area contributed by atoms with Crippen LogP contribution in [0.15, 0.2) is 18.2 Å². The standard InChI is InChI=1S/C15H21NO2/c1-10-6-8-12(9-7-10)15(18)16-13-4-3-5-14(17)11(13)2/h3-5,10,12,17H,6-9H2,1-2H3,(H,16,18). The van der Waals surface area contributed by atoms with Gasteiger partial charge in [0.25, 0.3) is 0 Å². The van der Waals surface area contributed by atoms with E-state index in [1.807, 2.05) is 13.0 Å². The van der Waals surface area contributed by atoms with Crippen molar-refractivity contribution in [2.45, 2.75) is 39.5 Å². The number of rotatable bonds is 2. The monoisotopic (exact) mass is 247 g/mol. The predicted molar refractivity (Wildman–Crippen MR) is 72.6 cm³/mol. The van der Waals surface area contributed by atoms with E-state index in [1.165, 1.54) is 0 Å². The number of benzene rings is 1. The fraction of sp³-hybridized carbons (Fsp3) is 0.533. The Morgan fingerprint density at radius 1 is 1.28 bits per heavy atom. The highest BCUT2D eigenvalue weighted by Crippen LogP contribution is 2.30. The minimum atomic E-state index is 0.0931. The first-order valence-electron chi connectivity index (χ1n) is 6.67. The minimum Gasteiger partial charge on any atom is -0.508 e. The predicted octanol–water partition coefficient (Wildman–Crippen LogP) is 3.47. The summed E-state index contributed by atoms with van der Waals surface area (Å²) in [6, 6.07) is 5.21. The van der Waals surface area contributed by atoms with Gasteiger partial charge < -0.3 is 10.4 Å². The van der Waals surface area contributed by atoms with E-state index in [1.54, 1.807) is 12.1 Å². The van der Waals surface area contributed by atoms with Crippen LogP contribution < -0.4 is 5.32 Å². The first kappa shape index (κ1) is 12.9. The van der Waals surface area contributed by atoms with Crippen molar-refractivity contribution in [3.63, 3.8) is 0 Å². The zero-order valence-electron chi connectivity index (χ0n) is 11.1. The molecule has 1 aromatic carbocycles. The summed E-state index contributed by atoms with van der Waals surface area (Å²) in [5, 5.41) is 12.5. The van der Waals surface area contributed by atoms with Crippen molar-refractivity contribution in [1.82, 2.24) is 0 Å². The Morgan fingerprint density at radius 3 is 2.61 bits per heavy atom. The number of aromatic hydroxyl groups is 1. The summed E-state index contributed by atoms with van der Waals surface area (Å²) in [4.78, 5) is 12.1. The molecular weight excluding hydrogens is 226 g/mol. The molecular formula is C15H21NO2. The topological polar surface area (TPSA) is 49.3 Å². The SMILES string of the molecule is Cc1c(O)cccc1NC(=O)C1CCC(C)CC1. The van der Waals surface area contributed by atoms with Gasteiger partial charge in [-0.25, -0.2) is 0 Å².